The van der Waals surface area contributed by atoms with E-state index in [1.54, 1.807) is 36.4 Å². The molecule has 0 heterocycles. The Balaban J connectivity index is 2.09. The summed E-state index contributed by atoms with van der Waals surface area (Å²) in [6, 6.07) is 9.15. The Kier molecular flexibility index (Phi) is 8.91. The van der Waals surface area contributed by atoms with E-state index in [4.69, 9.17) is 16.3 Å². The van der Waals surface area contributed by atoms with E-state index in [1.807, 2.05) is 43.4 Å². The summed E-state index contributed by atoms with van der Waals surface area (Å²) in [7, 11) is 0. The second kappa shape index (κ2) is 11.2. The molecule has 7 nitrogen and oxygen atoms in total. The van der Waals surface area contributed by atoms with Gasteiger partial charge in [0.1, 0.15) is 6.04 Å². The Morgan fingerprint density at radius 3 is 2.63 bits per heavy atom. The highest BCUT2D eigenvalue weighted by Crippen LogP contribution is 2.32. The second-order valence-corrected chi connectivity index (χ2v) is 8.26. The highest BCUT2D eigenvalue weighted by atomic mass is 127. The zero-order valence-electron chi connectivity index (χ0n) is 16.8. The first-order chi connectivity index (χ1) is 14.2. The zero-order valence-corrected chi connectivity index (χ0v) is 19.7. The van der Waals surface area contributed by atoms with Gasteiger partial charge in [0.2, 0.25) is 0 Å². The zero-order chi connectivity index (χ0) is 22.3. The molecular weight excluding hydrogens is 521 g/mol. The van der Waals surface area contributed by atoms with Crippen LogP contribution in [-0.4, -0.2) is 35.8 Å². The molecule has 0 aromatic heterocycles. The van der Waals surface area contributed by atoms with E-state index >= 15 is 0 Å². The highest BCUT2D eigenvalue weighted by Gasteiger charge is 2.25. The van der Waals surface area contributed by atoms with Crippen LogP contribution in [0.4, 0.5) is 0 Å². The van der Waals surface area contributed by atoms with Crippen LogP contribution in [-0.2, 0) is 4.79 Å². The molecule has 30 heavy (non-hydrogen) atoms. The van der Waals surface area contributed by atoms with Gasteiger partial charge in [-0.05, 0) is 65.3 Å². The lowest BCUT2D eigenvalue weighted by Gasteiger charge is -2.20. The summed E-state index contributed by atoms with van der Waals surface area (Å²) in [5.41, 5.74) is 3.38. The molecule has 2 rings (SSSR count). The molecule has 2 aromatic rings. The molecule has 0 aliphatic heterocycles. The number of aromatic hydroxyl groups is 1. The molecule has 0 aliphatic carbocycles. The van der Waals surface area contributed by atoms with Crippen LogP contribution in [0.15, 0.2) is 41.5 Å². The maximum Gasteiger partial charge on any atom is 0.262 e. The van der Waals surface area contributed by atoms with Crippen molar-refractivity contribution in [2.24, 2.45) is 11.0 Å². The van der Waals surface area contributed by atoms with Crippen molar-refractivity contribution < 1.29 is 19.4 Å². The minimum atomic E-state index is -0.801. The maximum absolute atomic E-state index is 12.6. The molecule has 160 valence electrons. The van der Waals surface area contributed by atoms with Crippen LogP contribution < -0.4 is 15.5 Å². The van der Waals surface area contributed by atoms with Crippen LogP contribution in [0.2, 0.25) is 5.02 Å². The fourth-order valence-corrected chi connectivity index (χ4v) is 3.42. The van der Waals surface area contributed by atoms with Crippen LogP contribution in [0, 0.1) is 9.49 Å². The van der Waals surface area contributed by atoms with Gasteiger partial charge in [-0.1, -0.05) is 37.6 Å². The van der Waals surface area contributed by atoms with Gasteiger partial charge in [-0.2, -0.15) is 5.10 Å². The molecule has 0 spiro atoms. The van der Waals surface area contributed by atoms with E-state index in [0.717, 1.165) is 0 Å². The van der Waals surface area contributed by atoms with Crippen molar-refractivity contribution in [3.8, 4) is 11.5 Å². The number of halogens is 2. The first-order valence-corrected chi connectivity index (χ1v) is 10.7. The van der Waals surface area contributed by atoms with Gasteiger partial charge in [0.15, 0.2) is 11.5 Å². The average Bonchev–Trinajstić information content (AvgIpc) is 2.69. The van der Waals surface area contributed by atoms with Crippen LogP contribution in [0.25, 0.3) is 0 Å². The molecule has 0 saturated heterocycles. The number of phenols is 1. The van der Waals surface area contributed by atoms with Crippen molar-refractivity contribution in [1.82, 2.24) is 10.7 Å². The number of benzene rings is 2. The largest absolute Gasteiger partial charge is 0.504 e. The third-order valence-corrected chi connectivity index (χ3v) is 5.25. The van der Waals surface area contributed by atoms with Gasteiger partial charge in [-0.3, -0.25) is 9.59 Å². The van der Waals surface area contributed by atoms with Crippen LogP contribution in [0.3, 0.4) is 0 Å². The number of amides is 2. The predicted molar refractivity (Wildman–Crippen MR) is 125 cm³/mol. The van der Waals surface area contributed by atoms with Crippen molar-refractivity contribution in [1.29, 1.82) is 0 Å². The molecule has 0 aliphatic rings. The fourth-order valence-electron chi connectivity index (χ4n) is 2.57. The lowest BCUT2D eigenvalue weighted by Crippen LogP contribution is -2.48. The van der Waals surface area contributed by atoms with Gasteiger partial charge in [-0.25, -0.2) is 5.43 Å². The number of hydrazone groups is 1. The number of hydrogen-bond acceptors (Lipinski definition) is 5. The number of nitrogens with one attached hydrogen (secondary N) is 2. The summed E-state index contributed by atoms with van der Waals surface area (Å²) < 4.78 is 5.98. The van der Waals surface area contributed by atoms with Gasteiger partial charge in [0, 0.05) is 0 Å². The Bertz CT molecular complexity index is 950. The number of nitrogens with zero attached hydrogens (tertiary/aromatic N) is 1. The van der Waals surface area contributed by atoms with Crippen LogP contribution >= 0.6 is 34.2 Å². The van der Waals surface area contributed by atoms with Gasteiger partial charge in [0.05, 0.1) is 27.0 Å². The van der Waals surface area contributed by atoms with Gasteiger partial charge >= 0.3 is 0 Å². The summed E-state index contributed by atoms with van der Waals surface area (Å²) >= 11 is 8.04. The maximum atomic E-state index is 12.6. The van der Waals surface area contributed by atoms with Gasteiger partial charge in [0.25, 0.3) is 11.8 Å². The van der Waals surface area contributed by atoms with E-state index in [9.17, 15) is 14.7 Å². The Morgan fingerprint density at radius 1 is 1.30 bits per heavy atom. The molecule has 1 unspecified atom stereocenters. The quantitative estimate of drug-likeness (QED) is 0.267. The van der Waals surface area contributed by atoms with Crippen LogP contribution in [0.5, 0.6) is 11.5 Å². The number of carbonyl (C=O) groups excluding carboxylic acids is 2. The van der Waals surface area contributed by atoms with Crippen LogP contribution in [0.1, 0.15) is 36.7 Å². The Morgan fingerprint density at radius 2 is 2.00 bits per heavy atom. The lowest BCUT2D eigenvalue weighted by atomic mass is 10.0. The SMILES string of the molecule is CCOc1cc(/C=N/NC(=O)C(NC(=O)c2ccccc2Cl)C(C)C)cc(I)c1O. The van der Waals surface area contributed by atoms with Gasteiger partial charge in [-0.15, -0.1) is 0 Å². The topological polar surface area (TPSA) is 100 Å². The number of ether oxygens (including phenoxy) is 1. The molecule has 0 fully saturated rings. The number of rotatable bonds is 8. The highest BCUT2D eigenvalue weighted by molar-refractivity contribution is 14.1. The third-order valence-electron chi connectivity index (χ3n) is 4.09. The van der Waals surface area contributed by atoms with E-state index < -0.39 is 17.9 Å². The minimum Gasteiger partial charge on any atom is -0.504 e. The molecule has 0 radical (unpaired) electrons. The van der Waals surface area contributed by atoms with E-state index in [1.165, 1.54) is 6.21 Å². The number of carbonyl (C=O) groups is 2. The molecule has 0 bridgehead atoms. The van der Waals surface area contributed by atoms with E-state index in [0.29, 0.717) is 32.1 Å². The summed E-state index contributed by atoms with van der Waals surface area (Å²) in [4.78, 5) is 25.1. The number of hydrogen-bond donors (Lipinski definition) is 3. The molecule has 3 N–H and O–H groups in total. The van der Waals surface area contributed by atoms with Gasteiger partial charge < -0.3 is 15.2 Å². The molecule has 9 heteroatoms. The molecular formula is C21H23ClIN3O4. The van der Waals surface area contributed by atoms with Crippen molar-refractivity contribution >= 4 is 52.2 Å². The number of phenolic OH excluding ortho intramolecular Hbond substituents is 1. The van der Waals surface area contributed by atoms with Crippen molar-refractivity contribution in [3.63, 3.8) is 0 Å². The molecule has 2 aromatic carbocycles. The minimum absolute atomic E-state index is 0.0563. The van der Waals surface area contributed by atoms with E-state index in [-0.39, 0.29) is 11.7 Å². The Labute approximate surface area is 194 Å². The third kappa shape index (κ3) is 6.33. The summed E-state index contributed by atoms with van der Waals surface area (Å²) in [6.07, 6.45) is 1.44. The normalized spacial score (nSPS) is 12.1. The van der Waals surface area contributed by atoms with Crippen molar-refractivity contribution in [2.75, 3.05) is 6.61 Å². The fraction of sp³-hybridized carbons (Fsp3) is 0.286. The lowest BCUT2D eigenvalue weighted by molar-refractivity contribution is -0.123. The Hall–Kier alpha value is -2.33. The summed E-state index contributed by atoms with van der Waals surface area (Å²) in [5, 5.41) is 17.0. The monoisotopic (exact) mass is 543 g/mol. The first-order valence-electron chi connectivity index (χ1n) is 9.28. The summed E-state index contributed by atoms with van der Waals surface area (Å²) in [5.74, 6) is -0.677. The smallest absolute Gasteiger partial charge is 0.262 e. The second-order valence-electron chi connectivity index (χ2n) is 6.69. The average molecular weight is 544 g/mol. The standard InChI is InChI=1S/C21H23ClIN3O4/c1-4-30-17-10-13(9-16(23)19(17)27)11-24-26-21(29)18(12(2)3)25-20(28)14-7-5-6-8-15(14)22/h5-12,18,27H,4H2,1-3H3,(H,25,28)(H,26,29)/b24-11+. The van der Waals surface area contributed by atoms with E-state index in [2.05, 4.69) is 15.8 Å². The van der Waals surface area contributed by atoms with Crippen molar-refractivity contribution in [3.05, 3.63) is 56.1 Å². The predicted octanol–water partition coefficient (Wildman–Crippen LogP) is 3.95. The molecule has 2 amide bonds. The molecule has 0 saturated carbocycles. The first kappa shape index (κ1) is 23.9. The van der Waals surface area contributed by atoms with Crippen molar-refractivity contribution in [2.45, 2.75) is 26.8 Å². The summed E-state index contributed by atoms with van der Waals surface area (Å²) in [6.45, 7) is 5.85. The molecule has 1 atom stereocenters.